The fourth-order valence-electron chi connectivity index (χ4n) is 2.65. The molecule has 2 N–H and O–H groups in total. The van der Waals surface area contributed by atoms with Gasteiger partial charge in [-0.15, -0.1) is 0 Å². The molecule has 0 spiro atoms. The molecule has 1 fully saturated rings. The minimum absolute atomic E-state index is 0.00646. The predicted octanol–water partition coefficient (Wildman–Crippen LogP) is 2.15. The van der Waals surface area contributed by atoms with Gasteiger partial charge >= 0.3 is 0 Å². The van der Waals surface area contributed by atoms with Crippen molar-refractivity contribution in [2.75, 3.05) is 0 Å². The first kappa shape index (κ1) is 13.7. The summed E-state index contributed by atoms with van der Waals surface area (Å²) in [5.74, 6) is 4.96. The molecule has 1 aromatic carbocycles. The van der Waals surface area contributed by atoms with Gasteiger partial charge in [0, 0.05) is 12.3 Å². The van der Waals surface area contributed by atoms with Crippen molar-refractivity contribution in [1.29, 1.82) is 0 Å². The van der Waals surface area contributed by atoms with Gasteiger partial charge in [0.2, 0.25) is 0 Å². The lowest BCUT2D eigenvalue weighted by Crippen LogP contribution is -2.33. The van der Waals surface area contributed by atoms with Gasteiger partial charge in [-0.25, -0.2) is 0 Å². The first-order valence-electron chi connectivity index (χ1n) is 6.64. The van der Waals surface area contributed by atoms with E-state index >= 15 is 0 Å². The van der Waals surface area contributed by atoms with Crippen LogP contribution in [0.4, 0.5) is 0 Å². The number of carbonyl (C=O) groups is 2. The van der Waals surface area contributed by atoms with Crippen LogP contribution in [0.15, 0.2) is 18.2 Å². The molecule has 19 heavy (non-hydrogen) atoms. The lowest BCUT2D eigenvalue weighted by Gasteiger charge is -2.26. The standard InChI is InChI=1S/C15H19NO3/c1-3-10-5-6-11(19-16)8-12(10)14-13(17)7-4-9(2)15(14)18/h5-6,8-9,14H,3-4,7,16H2,1-2H3. The van der Waals surface area contributed by atoms with Crippen LogP contribution in [-0.2, 0) is 16.0 Å². The van der Waals surface area contributed by atoms with Gasteiger partial charge in [0.15, 0.2) is 5.78 Å². The maximum absolute atomic E-state index is 12.3. The first-order chi connectivity index (χ1) is 9.08. The molecule has 0 aromatic heterocycles. The zero-order valence-electron chi connectivity index (χ0n) is 11.3. The minimum atomic E-state index is -0.645. The molecule has 1 aliphatic carbocycles. The minimum Gasteiger partial charge on any atom is -0.412 e. The number of hydrogen-bond donors (Lipinski definition) is 1. The molecule has 1 aromatic rings. The number of ketones is 2. The van der Waals surface area contributed by atoms with E-state index in [0.29, 0.717) is 18.6 Å². The van der Waals surface area contributed by atoms with E-state index in [0.717, 1.165) is 17.5 Å². The third-order valence-electron chi connectivity index (χ3n) is 3.86. The summed E-state index contributed by atoms with van der Waals surface area (Å²) < 4.78 is 0. The third-order valence-corrected chi connectivity index (χ3v) is 3.86. The summed E-state index contributed by atoms with van der Waals surface area (Å²) in [5.41, 5.74) is 1.76. The number of Topliss-reactive ketones (excluding diaryl/α,β-unsaturated/α-hetero) is 2. The predicted molar refractivity (Wildman–Crippen MR) is 71.8 cm³/mol. The van der Waals surface area contributed by atoms with Crippen molar-refractivity contribution < 1.29 is 14.4 Å². The Kier molecular flexibility index (Phi) is 4.00. The molecule has 2 unspecified atom stereocenters. The van der Waals surface area contributed by atoms with E-state index in [1.807, 2.05) is 19.9 Å². The summed E-state index contributed by atoms with van der Waals surface area (Å²) in [5, 5.41) is 0. The molecule has 0 amide bonds. The maximum Gasteiger partial charge on any atom is 0.150 e. The summed E-state index contributed by atoms with van der Waals surface area (Å²) >= 11 is 0. The van der Waals surface area contributed by atoms with Crippen LogP contribution < -0.4 is 10.7 Å². The molecule has 2 atom stereocenters. The second-order valence-electron chi connectivity index (χ2n) is 5.07. The van der Waals surface area contributed by atoms with Crippen molar-refractivity contribution in [3.05, 3.63) is 29.3 Å². The summed E-state index contributed by atoms with van der Waals surface area (Å²) in [6.45, 7) is 3.89. The second-order valence-corrected chi connectivity index (χ2v) is 5.07. The highest BCUT2D eigenvalue weighted by molar-refractivity contribution is 6.10. The van der Waals surface area contributed by atoms with Crippen LogP contribution in [0.25, 0.3) is 0 Å². The largest absolute Gasteiger partial charge is 0.412 e. The Hall–Kier alpha value is -1.68. The Morgan fingerprint density at radius 1 is 1.37 bits per heavy atom. The molecule has 2 rings (SSSR count). The Labute approximate surface area is 112 Å². The molecule has 0 saturated heterocycles. The molecule has 0 aliphatic heterocycles. The van der Waals surface area contributed by atoms with E-state index in [4.69, 9.17) is 10.7 Å². The highest BCUT2D eigenvalue weighted by Gasteiger charge is 2.36. The average molecular weight is 261 g/mol. The molecule has 102 valence electrons. The van der Waals surface area contributed by atoms with Crippen LogP contribution in [0, 0.1) is 5.92 Å². The van der Waals surface area contributed by atoms with Gasteiger partial charge in [0.25, 0.3) is 0 Å². The molecule has 0 radical (unpaired) electrons. The molecular formula is C15H19NO3. The number of rotatable bonds is 3. The van der Waals surface area contributed by atoms with Crippen LogP contribution in [-0.4, -0.2) is 11.6 Å². The Balaban J connectivity index is 2.48. The summed E-state index contributed by atoms with van der Waals surface area (Å²) in [4.78, 5) is 29.2. The molecule has 1 saturated carbocycles. The van der Waals surface area contributed by atoms with Crippen molar-refractivity contribution in [2.45, 2.75) is 39.0 Å². The van der Waals surface area contributed by atoms with E-state index < -0.39 is 5.92 Å². The van der Waals surface area contributed by atoms with Gasteiger partial charge < -0.3 is 4.84 Å². The van der Waals surface area contributed by atoms with Crippen molar-refractivity contribution in [1.82, 2.24) is 0 Å². The van der Waals surface area contributed by atoms with Crippen LogP contribution >= 0.6 is 0 Å². The number of nitrogens with two attached hydrogens (primary N) is 1. The smallest absolute Gasteiger partial charge is 0.150 e. The SMILES string of the molecule is CCc1ccc(ON)cc1C1C(=O)CCC(C)C1=O. The molecule has 4 heteroatoms. The van der Waals surface area contributed by atoms with Crippen LogP contribution in [0.5, 0.6) is 5.75 Å². The van der Waals surface area contributed by atoms with Crippen LogP contribution in [0.1, 0.15) is 43.7 Å². The van der Waals surface area contributed by atoms with Crippen molar-refractivity contribution >= 4 is 11.6 Å². The monoisotopic (exact) mass is 261 g/mol. The quantitative estimate of drug-likeness (QED) is 0.668. The van der Waals surface area contributed by atoms with E-state index in [1.165, 1.54) is 0 Å². The average Bonchev–Trinajstić information content (AvgIpc) is 2.43. The Morgan fingerprint density at radius 2 is 2.11 bits per heavy atom. The zero-order valence-corrected chi connectivity index (χ0v) is 11.3. The van der Waals surface area contributed by atoms with Gasteiger partial charge in [-0.05, 0) is 36.1 Å². The summed E-state index contributed by atoms with van der Waals surface area (Å²) in [6.07, 6.45) is 1.89. The van der Waals surface area contributed by atoms with Gasteiger partial charge in [-0.1, -0.05) is 19.9 Å². The fourth-order valence-corrected chi connectivity index (χ4v) is 2.65. The van der Waals surface area contributed by atoms with Gasteiger partial charge in [0.1, 0.15) is 17.5 Å². The number of hydrogen-bond acceptors (Lipinski definition) is 4. The topological polar surface area (TPSA) is 69.4 Å². The van der Waals surface area contributed by atoms with Gasteiger partial charge in [-0.3, -0.25) is 9.59 Å². The molecule has 4 nitrogen and oxygen atoms in total. The van der Waals surface area contributed by atoms with E-state index in [2.05, 4.69) is 0 Å². The van der Waals surface area contributed by atoms with Crippen molar-refractivity contribution in [3.8, 4) is 5.75 Å². The fraction of sp³-hybridized carbons (Fsp3) is 0.467. The molecule has 0 bridgehead atoms. The molecule has 0 heterocycles. The normalized spacial score (nSPS) is 23.5. The summed E-state index contributed by atoms with van der Waals surface area (Å²) in [7, 11) is 0. The van der Waals surface area contributed by atoms with Crippen LogP contribution in [0.3, 0.4) is 0 Å². The molecular weight excluding hydrogens is 242 g/mol. The third kappa shape index (κ3) is 2.54. The van der Waals surface area contributed by atoms with Crippen molar-refractivity contribution in [2.24, 2.45) is 11.8 Å². The molecule has 1 aliphatic rings. The van der Waals surface area contributed by atoms with E-state index in [1.54, 1.807) is 12.1 Å². The van der Waals surface area contributed by atoms with Gasteiger partial charge in [-0.2, -0.15) is 5.90 Å². The highest BCUT2D eigenvalue weighted by Crippen LogP contribution is 2.34. The summed E-state index contributed by atoms with van der Waals surface area (Å²) in [6, 6.07) is 5.35. The maximum atomic E-state index is 12.3. The van der Waals surface area contributed by atoms with Crippen molar-refractivity contribution in [3.63, 3.8) is 0 Å². The lowest BCUT2D eigenvalue weighted by molar-refractivity contribution is -0.134. The lowest BCUT2D eigenvalue weighted by atomic mass is 9.75. The van der Waals surface area contributed by atoms with Gasteiger partial charge in [0.05, 0.1) is 0 Å². The van der Waals surface area contributed by atoms with E-state index in [9.17, 15) is 9.59 Å². The van der Waals surface area contributed by atoms with E-state index in [-0.39, 0.29) is 17.5 Å². The number of carbonyl (C=O) groups excluding carboxylic acids is 2. The number of aryl methyl sites for hydroxylation is 1. The zero-order chi connectivity index (χ0) is 14.0. The first-order valence-corrected chi connectivity index (χ1v) is 6.64. The second kappa shape index (κ2) is 5.53. The van der Waals surface area contributed by atoms with Crippen LogP contribution in [0.2, 0.25) is 0 Å². The highest BCUT2D eigenvalue weighted by atomic mass is 16.6. The Morgan fingerprint density at radius 3 is 2.74 bits per heavy atom. The number of benzene rings is 1. The Bertz CT molecular complexity index is 510.